The van der Waals surface area contributed by atoms with Crippen LogP contribution in [0.15, 0.2) is 158 Å². The number of aromatic nitrogens is 2. The van der Waals surface area contributed by atoms with Crippen molar-refractivity contribution in [1.29, 1.82) is 0 Å². The molecule has 0 saturated heterocycles. The Bertz CT molecular complexity index is 1790. The molecule has 0 spiro atoms. The first kappa shape index (κ1) is 57.7. The first-order valence-electron chi connectivity index (χ1n) is 15.3. The maximum atomic E-state index is 8.93. The Balaban J connectivity index is -0.000000376. The number of carbonyl (C=O) groups is 4. The molecule has 17 heteroatoms. The van der Waals surface area contributed by atoms with Gasteiger partial charge in [-0.15, -0.1) is 0 Å². The van der Waals surface area contributed by atoms with Crippen molar-refractivity contribution in [3.05, 3.63) is 169 Å². The number of carboxylic acids is 4. The van der Waals surface area contributed by atoms with Crippen LogP contribution < -0.4 is 37.8 Å². The summed E-state index contributed by atoms with van der Waals surface area (Å²) in [6.07, 6.45) is 3.63. The SMILES string of the molecule is Cc1ccnc(-c2cc(C)ccn2)c1.O.O.O.O.O.O=C([O-])C(=O)[O-].O=C([O-])C(=O)[O-].[Cr+3].c1ccc([As+](c2ccccc2)(c2ccccc2)c2ccccc2)cc1. The van der Waals surface area contributed by atoms with E-state index in [1.165, 1.54) is 28.5 Å². The molecule has 0 saturated carbocycles. The van der Waals surface area contributed by atoms with E-state index in [1.54, 1.807) is 0 Å². The molecule has 1 radical (unpaired) electrons. The summed E-state index contributed by atoms with van der Waals surface area (Å²) >= 11 is -2.77. The van der Waals surface area contributed by atoms with Crippen LogP contribution in [0.5, 0.6) is 0 Å². The van der Waals surface area contributed by atoms with Gasteiger partial charge in [0.25, 0.3) is 0 Å². The number of carboxylic acid groups (broad SMARTS) is 4. The average molecular weight is 886 g/mol. The Morgan fingerprint density at radius 1 is 0.404 bits per heavy atom. The molecule has 0 bridgehead atoms. The van der Waals surface area contributed by atoms with Crippen LogP contribution in [0.2, 0.25) is 0 Å². The number of carbonyl (C=O) groups excluding carboxylic acids is 4. The molecule has 301 valence electrons. The first-order valence-corrected chi connectivity index (χ1v) is 19.0. The summed E-state index contributed by atoms with van der Waals surface area (Å²) in [5.74, 6) is -8.74. The molecule has 0 aliphatic heterocycles. The molecule has 0 atom stereocenters. The normalized spacial score (nSPS) is 8.95. The number of aliphatic carboxylic acids is 4. The van der Waals surface area contributed by atoms with Crippen molar-refractivity contribution in [2.75, 3.05) is 0 Å². The summed E-state index contributed by atoms with van der Waals surface area (Å²) in [7, 11) is 0. The van der Waals surface area contributed by atoms with E-state index in [0.29, 0.717) is 0 Å². The average Bonchev–Trinajstić information content (AvgIpc) is 3.14. The monoisotopic (exact) mass is 885 g/mol. The second kappa shape index (κ2) is 29.3. The number of hydrogen-bond donors (Lipinski definition) is 0. The summed E-state index contributed by atoms with van der Waals surface area (Å²) in [5.41, 5.74) is 4.29. The van der Waals surface area contributed by atoms with Crippen molar-refractivity contribution in [3.8, 4) is 11.4 Å². The number of nitrogens with zero attached hydrogens (tertiary/aromatic N) is 2. The van der Waals surface area contributed by atoms with Crippen LogP contribution in [-0.2, 0) is 36.5 Å². The number of hydrogen-bond acceptors (Lipinski definition) is 10. The van der Waals surface area contributed by atoms with Gasteiger partial charge >= 0.3 is 170 Å². The fourth-order valence-electron chi connectivity index (χ4n) is 4.85. The Kier molecular flexibility index (Phi) is 29.6. The molecule has 6 rings (SSSR count). The number of pyridine rings is 2. The molecule has 4 aromatic carbocycles. The Labute approximate surface area is 342 Å². The van der Waals surface area contributed by atoms with E-state index in [2.05, 4.69) is 145 Å². The van der Waals surface area contributed by atoms with Crippen LogP contribution in [0.1, 0.15) is 11.1 Å². The van der Waals surface area contributed by atoms with Gasteiger partial charge in [-0.25, -0.2) is 0 Å². The molecule has 10 N–H and O–H groups in total. The van der Waals surface area contributed by atoms with Gasteiger partial charge in [0.2, 0.25) is 0 Å². The summed E-state index contributed by atoms with van der Waals surface area (Å²) in [4.78, 5) is 44.3. The molecule has 0 amide bonds. The fourth-order valence-corrected chi connectivity index (χ4v) is 13.8. The van der Waals surface area contributed by atoms with Gasteiger partial charge in [-0.1, -0.05) is 0 Å². The van der Waals surface area contributed by atoms with Gasteiger partial charge in [0.15, 0.2) is 0 Å². The Morgan fingerprint density at radius 3 is 0.789 bits per heavy atom. The van der Waals surface area contributed by atoms with Crippen LogP contribution in [0.3, 0.4) is 0 Å². The van der Waals surface area contributed by atoms with Crippen molar-refractivity contribution < 1.29 is 84.3 Å². The van der Waals surface area contributed by atoms with Crippen molar-refractivity contribution >= 4 is 54.8 Å². The van der Waals surface area contributed by atoms with Crippen molar-refractivity contribution in [2.45, 2.75) is 13.8 Å². The van der Waals surface area contributed by atoms with Crippen molar-refractivity contribution in [2.24, 2.45) is 0 Å². The third-order valence-electron chi connectivity index (χ3n) is 7.00. The standard InChI is InChI=1S/C24H20As.C12H12N2.2C2H2O4.Cr.5H2O/c1-5-13-21(14-6-1)25(22-15-7-2-8-16-22,23-17-9-3-10-18-23)24-19-11-4-12-20-24;1-9-3-5-13-11(7-9)12-8-10(2)4-6-14-12;2*3-1(4)2(5)6;;;;;;/h1-20H;3-8H,1-2H3;2*(H,3,4)(H,5,6);;5*1H2/q+1;;;;+3;;;;;/p-4. The molecular formula is C40H42AsCrN2O13. The van der Waals surface area contributed by atoms with Crippen molar-refractivity contribution in [1.82, 2.24) is 9.97 Å². The third kappa shape index (κ3) is 17.1. The van der Waals surface area contributed by atoms with Crippen molar-refractivity contribution in [3.63, 3.8) is 0 Å². The van der Waals surface area contributed by atoms with Gasteiger partial charge in [-0.05, 0) is 49.2 Å². The van der Waals surface area contributed by atoms with Crippen LogP contribution in [0, 0.1) is 13.8 Å². The maximum absolute atomic E-state index is 8.93. The minimum absolute atomic E-state index is 0. The first-order chi connectivity index (χ1) is 24.5. The van der Waals surface area contributed by atoms with Crippen LogP contribution >= 0.6 is 0 Å². The predicted octanol–water partition coefficient (Wildman–Crippen LogP) is -5.33. The van der Waals surface area contributed by atoms with E-state index in [4.69, 9.17) is 39.6 Å². The quantitative estimate of drug-likeness (QED) is 0.117. The topological polar surface area (TPSA) is 344 Å². The summed E-state index contributed by atoms with van der Waals surface area (Å²) in [6, 6.07) is 52.3. The Hall–Kier alpha value is -6.05. The summed E-state index contributed by atoms with van der Waals surface area (Å²) in [5, 5.41) is 35.7. The number of benzene rings is 4. The van der Waals surface area contributed by atoms with Gasteiger partial charge in [0, 0.05) is 12.4 Å². The third-order valence-corrected chi connectivity index (χ3v) is 16.0. The molecule has 15 nitrogen and oxygen atoms in total. The molecule has 0 unspecified atom stereocenters. The predicted molar refractivity (Wildman–Crippen MR) is 205 cm³/mol. The molecule has 0 aliphatic rings. The van der Waals surface area contributed by atoms with Crippen LogP contribution in [0.25, 0.3) is 11.4 Å². The second-order valence-corrected chi connectivity index (χ2v) is 17.7. The van der Waals surface area contributed by atoms with E-state index in [9.17, 15) is 0 Å². The van der Waals surface area contributed by atoms with E-state index < -0.39 is 37.4 Å². The van der Waals surface area contributed by atoms with Gasteiger partial charge < -0.3 is 67.0 Å². The van der Waals surface area contributed by atoms with Gasteiger partial charge in [0.05, 0.1) is 35.3 Å². The van der Waals surface area contributed by atoms with Gasteiger partial charge in [-0.3, -0.25) is 9.97 Å². The minimum atomic E-state index is -2.77. The Morgan fingerprint density at radius 2 is 0.614 bits per heavy atom. The van der Waals surface area contributed by atoms with E-state index >= 15 is 0 Å². The molecule has 57 heavy (non-hydrogen) atoms. The van der Waals surface area contributed by atoms with Gasteiger partial charge in [-0.2, -0.15) is 0 Å². The zero-order valence-corrected chi connectivity index (χ0v) is 33.7. The second-order valence-electron chi connectivity index (χ2n) is 10.6. The van der Waals surface area contributed by atoms with E-state index in [0.717, 1.165) is 11.4 Å². The molecular weight excluding hydrogens is 843 g/mol. The summed E-state index contributed by atoms with van der Waals surface area (Å²) in [6.45, 7) is 4.11. The van der Waals surface area contributed by atoms with E-state index in [-0.39, 0.29) is 44.7 Å². The molecule has 2 aromatic heterocycles. The molecule has 6 aromatic rings. The molecule has 0 aliphatic carbocycles. The van der Waals surface area contributed by atoms with Crippen LogP contribution in [0.4, 0.5) is 0 Å². The van der Waals surface area contributed by atoms with E-state index in [1.807, 2.05) is 36.7 Å². The zero-order chi connectivity index (χ0) is 37.2. The van der Waals surface area contributed by atoms with Crippen LogP contribution in [-0.4, -0.2) is 74.8 Å². The van der Waals surface area contributed by atoms with Gasteiger partial charge in [0.1, 0.15) is 0 Å². The number of aryl methyl sites for hydroxylation is 2. The summed E-state index contributed by atoms with van der Waals surface area (Å²) < 4.78 is 5.79. The molecule has 0 fully saturated rings. The zero-order valence-electron chi connectivity index (χ0n) is 30.5. The molecule has 2 heterocycles. The fraction of sp³-hybridized carbons (Fsp3) is 0.0500. The number of rotatable bonds is 5.